The lowest BCUT2D eigenvalue weighted by Crippen LogP contribution is -2.28. The number of carbonyl (C=O) groups excluding carboxylic acids is 1. The molecule has 1 saturated heterocycles. The summed E-state index contributed by atoms with van der Waals surface area (Å²) >= 11 is 0. The lowest BCUT2D eigenvalue weighted by Gasteiger charge is -2.17. The first-order valence-corrected chi connectivity index (χ1v) is 6.24. The number of rotatable bonds is 3. The molecule has 0 spiro atoms. The Balaban J connectivity index is 1.73. The van der Waals surface area contributed by atoms with E-state index < -0.39 is 0 Å². The maximum Gasteiger partial charge on any atom is 0.231 e. The fourth-order valence-electron chi connectivity index (χ4n) is 2.45. The highest BCUT2D eigenvalue weighted by atomic mass is 19.1. The summed E-state index contributed by atoms with van der Waals surface area (Å²) in [5.74, 6) is -0.325. The topological polar surface area (TPSA) is 38.1 Å². The van der Waals surface area contributed by atoms with E-state index in [1.807, 2.05) is 10.8 Å². The standard InChI is InChI=1S/C14H14FN3O/c15-12-3-1-11(2-4-12)13-5-7-18(14(13)19)10-17-8-6-16-9-17/h1-4,6,8-9,13H,5,7,10H2. The summed E-state index contributed by atoms with van der Waals surface area (Å²) in [4.78, 5) is 18.1. The molecule has 3 rings (SSSR count). The van der Waals surface area contributed by atoms with Gasteiger partial charge >= 0.3 is 0 Å². The maximum atomic E-state index is 12.9. The molecule has 0 saturated carbocycles. The van der Waals surface area contributed by atoms with E-state index in [1.165, 1.54) is 12.1 Å². The smallest absolute Gasteiger partial charge is 0.231 e. The molecule has 1 unspecified atom stereocenters. The van der Waals surface area contributed by atoms with Gasteiger partial charge in [-0.1, -0.05) is 12.1 Å². The lowest BCUT2D eigenvalue weighted by molar-refractivity contribution is -0.130. The van der Waals surface area contributed by atoms with Crippen molar-refractivity contribution >= 4 is 5.91 Å². The number of hydrogen-bond donors (Lipinski definition) is 0. The van der Waals surface area contributed by atoms with Gasteiger partial charge in [-0.25, -0.2) is 9.37 Å². The molecule has 0 radical (unpaired) electrons. The molecule has 1 atom stereocenters. The molecule has 1 fully saturated rings. The molecule has 5 heteroatoms. The number of benzene rings is 1. The van der Waals surface area contributed by atoms with E-state index in [0.29, 0.717) is 6.67 Å². The fourth-order valence-corrected chi connectivity index (χ4v) is 2.45. The number of nitrogens with zero attached hydrogens (tertiary/aromatic N) is 3. The van der Waals surface area contributed by atoms with Crippen molar-refractivity contribution in [3.8, 4) is 0 Å². The van der Waals surface area contributed by atoms with Gasteiger partial charge in [0.2, 0.25) is 5.91 Å². The molecule has 4 nitrogen and oxygen atoms in total. The van der Waals surface area contributed by atoms with Gasteiger partial charge in [-0.2, -0.15) is 0 Å². The Morgan fingerprint density at radius 2 is 2.11 bits per heavy atom. The van der Waals surface area contributed by atoms with Gasteiger partial charge < -0.3 is 9.47 Å². The molecular formula is C14H14FN3O. The normalized spacial score (nSPS) is 19.1. The van der Waals surface area contributed by atoms with E-state index in [9.17, 15) is 9.18 Å². The zero-order valence-corrected chi connectivity index (χ0v) is 10.4. The minimum Gasteiger partial charge on any atom is -0.324 e. The molecule has 2 aromatic rings. The van der Waals surface area contributed by atoms with E-state index in [1.54, 1.807) is 29.6 Å². The molecule has 1 amide bonds. The summed E-state index contributed by atoms with van der Waals surface area (Å²) in [6.07, 6.45) is 5.99. The molecule has 0 bridgehead atoms. The van der Waals surface area contributed by atoms with Gasteiger partial charge in [-0.3, -0.25) is 4.79 Å². The van der Waals surface area contributed by atoms with Gasteiger partial charge in [0, 0.05) is 18.9 Å². The molecule has 1 aromatic heterocycles. The largest absolute Gasteiger partial charge is 0.324 e. The summed E-state index contributed by atoms with van der Waals surface area (Å²) in [6, 6.07) is 6.19. The third-order valence-electron chi connectivity index (χ3n) is 3.46. The molecule has 0 aliphatic carbocycles. The van der Waals surface area contributed by atoms with Crippen molar-refractivity contribution in [3.05, 3.63) is 54.4 Å². The van der Waals surface area contributed by atoms with Crippen LogP contribution in [0, 0.1) is 5.82 Å². The number of imidazole rings is 1. The van der Waals surface area contributed by atoms with Gasteiger partial charge in [0.05, 0.1) is 18.9 Å². The van der Waals surface area contributed by atoms with Crippen LogP contribution in [0.3, 0.4) is 0 Å². The molecule has 19 heavy (non-hydrogen) atoms. The van der Waals surface area contributed by atoms with Gasteiger partial charge in [0.15, 0.2) is 0 Å². The number of halogens is 1. The second-order valence-electron chi connectivity index (χ2n) is 4.71. The first-order valence-electron chi connectivity index (χ1n) is 6.24. The Bertz CT molecular complexity index is 565. The van der Waals surface area contributed by atoms with E-state index in [0.717, 1.165) is 18.5 Å². The average Bonchev–Trinajstić information content (AvgIpc) is 3.03. The zero-order chi connectivity index (χ0) is 13.2. The van der Waals surface area contributed by atoms with Crippen LogP contribution in [-0.2, 0) is 11.5 Å². The summed E-state index contributed by atoms with van der Waals surface area (Å²) in [5.41, 5.74) is 0.888. The Morgan fingerprint density at radius 1 is 1.32 bits per heavy atom. The van der Waals surface area contributed by atoms with Crippen molar-refractivity contribution in [2.24, 2.45) is 0 Å². The van der Waals surface area contributed by atoms with Crippen molar-refractivity contribution in [3.63, 3.8) is 0 Å². The second kappa shape index (κ2) is 4.84. The Kier molecular flexibility index (Phi) is 3.03. The van der Waals surface area contributed by atoms with Crippen LogP contribution in [0.2, 0.25) is 0 Å². The van der Waals surface area contributed by atoms with Gasteiger partial charge in [0.1, 0.15) is 5.82 Å². The van der Waals surface area contributed by atoms with E-state index in [-0.39, 0.29) is 17.6 Å². The molecule has 1 aliphatic heterocycles. The second-order valence-corrected chi connectivity index (χ2v) is 4.71. The first-order chi connectivity index (χ1) is 9.24. The average molecular weight is 259 g/mol. The van der Waals surface area contributed by atoms with Crippen LogP contribution < -0.4 is 0 Å². The fraction of sp³-hybridized carbons (Fsp3) is 0.286. The maximum absolute atomic E-state index is 12.9. The minimum absolute atomic E-state index is 0.0975. The van der Waals surface area contributed by atoms with Crippen molar-refractivity contribution in [2.45, 2.75) is 19.0 Å². The molecule has 98 valence electrons. The van der Waals surface area contributed by atoms with E-state index >= 15 is 0 Å². The number of carbonyl (C=O) groups is 1. The van der Waals surface area contributed by atoms with Crippen LogP contribution in [0.25, 0.3) is 0 Å². The zero-order valence-electron chi connectivity index (χ0n) is 10.4. The third-order valence-corrected chi connectivity index (χ3v) is 3.46. The number of amides is 1. The van der Waals surface area contributed by atoms with Gasteiger partial charge in [-0.05, 0) is 24.1 Å². The third kappa shape index (κ3) is 2.36. The minimum atomic E-state index is -0.274. The van der Waals surface area contributed by atoms with Crippen LogP contribution in [0.5, 0.6) is 0 Å². The van der Waals surface area contributed by atoms with Crippen molar-refractivity contribution < 1.29 is 9.18 Å². The quantitative estimate of drug-likeness (QED) is 0.845. The van der Waals surface area contributed by atoms with Crippen LogP contribution in [0.15, 0.2) is 43.0 Å². The Hall–Kier alpha value is -2.17. The molecule has 1 aromatic carbocycles. The molecule has 1 aliphatic rings. The summed E-state index contributed by atoms with van der Waals surface area (Å²) < 4.78 is 14.8. The lowest BCUT2D eigenvalue weighted by atomic mass is 9.98. The Morgan fingerprint density at radius 3 is 2.79 bits per heavy atom. The van der Waals surface area contributed by atoms with Crippen molar-refractivity contribution in [1.29, 1.82) is 0 Å². The summed E-state index contributed by atoms with van der Waals surface area (Å²) in [5, 5.41) is 0. The molecule has 2 heterocycles. The van der Waals surface area contributed by atoms with Crippen LogP contribution in [-0.4, -0.2) is 26.9 Å². The van der Waals surface area contributed by atoms with Gasteiger partial charge in [-0.15, -0.1) is 0 Å². The Labute approximate surface area is 110 Å². The highest BCUT2D eigenvalue weighted by molar-refractivity contribution is 5.85. The van der Waals surface area contributed by atoms with Crippen LogP contribution >= 0.6 is 0 Å². The van der Waals surface area contributed by atoms with Crippen molar-refractivity contribution in [1.82, 2.24) is 14.5 Å². The first kappa shape index (κ1) is 11.9. The highest BCUT2D eigenvalue weighted by Crippen LogP contribution is 2.28. The molecule has 0 N–H and O–H groups in total. The predicted molar refractivity (Wildman–Crippen MR) is 67.7 cm³/mol. The van der Waals surface area contributed by atoms with E-state index in [2.05, 4.69) is 4.98 Å². The number of hydrogen-bond acceptors (Lipinski definition) is 2. The van der Waals surface area contributed by atoms with Crippen molar-refractivity contribution in [2.75, 3.05) is 6.54 Å². The van der Waals surface area contributed by atoms with E-state index in [4.69, 9.17) is 0 Å². The van der Waals surface area contributed by atoms with Crippen LogP contribution in [0.1, 0.15) is 17.9 Å². The summed E-state index contributed by atoms with van der Waals surface area (Å²) in [6.45, 7) is 1.25. The highest BCUT2D eigenvalue weighted by Gasteiger charge is 2.32. The predicted octanol–water partition coefficient (Wildman–Crippen LogP) is 2.00. The SMILES string of the molecule is O=C1C(c2ccc(F)cc2)CCN1Cn1ccnc1. The van der Waals surface area contributed by atoms with Gasteiger partial charge in [0.25, 0.3) is 0 Å². The number of aromatic nitrogens is 2. The summed E-state index contributed by atoms with van der Waals surface area (Å²) in [7, 11) is 0. The van der Waals surface area contributed by atoms with Crippen LogP contribution in [0.4, 0.5) is 4.39 Å². The monoisotopic (exact) mass is 259 g/mol. The molecular weight excluding hydrogens is 245 g/mol. The number of likely N-dealkylation sites (tertiary alicyclic amines) is 1.